The number of fused-ring (bicyclic) bond motifs is 1. The number of benzene rings is 1. The summed E-state index contributed by atoms with van der Waals surface area (Å²) in [7, 11) is -2.05. The minimum atomic E-state index is -2.05. The molecule has 26 heavy (non-hydrogen) atoms. The Hall–Kier alpha value is -2.47. The first kappa shape index (κ1) is 18.3. The lowest BCUT2D eigenvalue weighted by Gasteiger charge is -2.38. The molecule has 0 radical (unpaired) electrons. The van der Waals surface area contributed by atoms with Gasteiger partial charge in [0, 0.05) is 23.3 Å². The number of nitrogens with zero attached hydrogens (tertiary/aromatic N) is 2. The van der Waals surface area contributed by atoms with Crippen LogP contribution >= 0.6 is 0 Å². The van der Waals surface area contributed by atoms with Crippen LogP contribution in [0.1, 0.15) is 31.1 Å². The minimum absolute atomic E-state index is 0.0254. The number of carboxylic acids is 1. The van der Waals surface area contributed by atoms with Crippen molar-refractivity contribution in [2.45, 2.75) is 38.9 Å². The minimum Gasteiger partial charge on any atom is -0.478 e. The monoisotopic (exact) mass is 370 g/mol. The van der Waals surface area contributed by atoms with Crippen molar-refractivity contribution in [3.8, 4) is 11.1 Å². The number of halogens is 1. The fourth-order valence-corrected chi connectivity index (χ4v) is 4.77. The molecule has 136 valence electrons. The van der Waals surface area contributed by atoms with Crippen LogP contribution < -0.4 is 0 Å². The number of carboxylic acid groups (broad SMARTS) is 1. The molecule has 0 saturated carbocycles. The SMILES string of the molecule is CC(C)(C)[Si](C)(C)n1cc(C(=O)O)c2cc(-c3cccc(F)c3)cnc21. The first-order valence-electron chi connectivity index (χ1n) is 8.53. The summed E-state index contributed by atoms with van der Waals surface area (Å²) in [5.74, 6) is -1.31. The van der Waals surface area contributed by atoms with Gasteiger partial charge in [-0.3, -0.25) is 0 Å². The summed E-state index contributed by atoms with van der Waals surface area (Å²) in [5.41, 5.74) is 2.29. The van der Waals surface area contributed by atoms with Gasteiger partial charge < -0.3 is 9.34 Å². The molecule has 0 spiro atoms. The Labute approximate surface area is 153 Å². The molecule has 1 aromatic carbocycles. The summed E-state index contributed by atoms with van der Waals surface area (Å²) >= 11 is 0. The van der Waals surface area contributed by atoms with Gasteiger partial charge in [-0.05, 0) is 28.8 Å². The van der Waals surface area contributed by atoms with Crippen molar-refractivity contribution in [3.63, 3.8) is 0 Å². The third kappa shape index (κ3) is 2.94. The summed E-state index contributed by atoms with van der Waals surface area (Å²) in [4.78, 5) is 16.4. The van der Waals surface area contributed by atoms with E-state index in [1.807, 2.05) is 0 Å². The summed E-state index contributed by atoms with van der Waals surface area (Å²) in [5, 5.41) is 10.3. The normalized spacial score (nSPS) is 12.5. The van der Waals surface area contributed by atoms with Crippen LogP contribution in [0.15, 0.2) is 42.7 Å². The number of carbonyl (C=O) groups is 1. The van der Waals surface area contributed by atoms with E-state index in [4.69, 9.17) is 0 Å². The molecule has 2 heterocycles. The van der Waals surface area contributed by atoms with Crippen molar-refractivity contribution in [2.24, 2.45) is 0 Å². The molecular formula is C20H23FN2O2Si. The second-order valence-corrected chi connectivity index (χ2v) is 13.2. The molecule has 0 fully saturated rings. The molecule has 3 rings (SSSR count). The maximum atomic E-state index is 13.6. The molecule has 0 unspecified atom stereocenters. The summed E-state index contributed by atoms with van der Waals surface area (Å²) in [6.07, 6.45) is 3.40. The molecule has 2 aromatic heterocycles. The van der Waals surface area contributed by atoms with Crippen LogP contribution in [0.3, 0.4) is 0 Å². The van der Waals surface area contributed by atoms with Gasteiger partial charge in [-0.15, -0.1) is 0 Å². The Balaban J connectivity index is 2.28. The first-order valence-corrected chi connectivity index (χ1v) is 11.5. The van der Waals surface area contributed by atoms with Gasteiger partial charge in [0.1, 0.15) is 11.5 Å². The van der Waals surface area contributed by atoms with Gasteiger partial charge in [-0.25, -0.2) is 14.2 Å². The standard InChI is InChI=1S/C20H23FN2O2Si/c1-20(2,3)26(4,5)23-12-17(19(24)25)16-10-14(11-22-18(16)23)13-7-6-8-15(21)9-13/h6-12H,1-5H3,(H,24,25). The van der Waals surface area contributed by atoms with Crippen molar-refractivity contribution >= 4 is 25.2 Å². The number of aromatic nitrogens is 2. The van der Waals surface area contributed by atoms with Crippen molar-refractivity contribution < 1.29 is 14.3 Å². The number of hydrogen-bond donors (Lipinski definition) is 1. The van der Waals surface area contributed by atoms with Crippen LogP contribution in [-0.2, 0) is 0 Å². The van der Waals surface area contributed by atoms with Crippen LogP contribution in [0.25, 0.3) is 22.2 Å². The molecule has 4 nitrogen and oxygen atoms in total. The molecule has 0 atom stereocenters. The molecular weight excluding hydrogens is 347 g/mol. The highest BCUT2D eigenvalue weighted by molar-refractivity contribution is 6.79. The second-order valence-electron chi connectivity index (χ2n) is 8.13. The molecule has 0 saturated heterocycles. The Kier molecular flexibility index (Phi) is 4.27. The third-order valence-electron chi connectivity index (χ3n) is 5.47. The van der Waals surface area contributed by atoms with E-state index in [9.17, 15) is 14.3 Å². The van der Waals surface area contributed by atoms with E-state index in [1.54, 1.807) is 30.6 Å². The van der Waals surface area contributed by atoms with E-state index in [1.165, 1.54) is 12.1 Å². The summed E-state index contributed by atoms with van der Waals surface area (Å²) < 4.78 is 15.6. The third-order valence-corrected chi connectivity index (χ3v) is 10.7. The van der Waals surface area contributed by atoms with E-state index >= 15 is 0 Å². The topological polar surface area (TPSA) is 55.1 Å². The average Bonchev–Trinajstić information content (AvgIpc) is 2.93. The van der Waals surface area contributed by atoms with Gasteiger partial charge in [0.05, 0.1) is 5.56 Å². The van der Waals surface area contributed by atoms with Crippen molar-refractivity contribution in [1.82, 2.24) is 9.22 Å². The molecule has 0 aliphatic rings. The van der Waals surface area contributed by atoms with Gasteiger partial charge in [0.2, 0.25) is 0 Å². The number of pyridine rings is 1. The Morgan fingerprint density at radius 2 is 1.88 bits per heavy atom. The molecule has 3 aromatic rings. The van der Waals surface area contributed by atoms with Gasteiger partial charge in [-0.2, -0.15) is 0 Å². The smallest absolute Gasteiger partial charge is 0.337 e. The van der Waals surface area contributed by atoms with Crippen LogP contribution in [0.2, 0.25) is 18.1 Å². The zero-order valence-corrected chi connectivity index (χ0v) is 16.7. The Morgan fingerprint density at radius 1 is 1.19 bits per heavy atom. The largest absolute Gasteiger partial charge is 0.478 e. The highest BCUT2D eigenvalue weighted by atomic mass is 28.3. The van der Waals surface area contributed by atoms with Crippen molar-refractivity contribution in [3.05, 3.63) is 54.1 Å². The molecule has 0 aliphatic carbocycles. The van der Waals surface area contributed by atoms with E-state index in [0.717, 1.165) is 0 Å². The predicted octanol–water partition coefficient (Wildman–Crippen LogP) is 5.39. The van der Waals surface area contributed by atoms with E-state index in [-0.39, 0.29) is 16.4 Å². The van der Waals surface area contributed by atoms with E-state index < -0.39 is 14.2 Å². The number of hydrogen-bond acceptors (Lipinski definition) is 2. The quantitative estimate of drug-likeness (QED) is 0.629. The maximum absolute atomic E-state index is 13.6. The Bertz CT molecular complexity index is 1000. The molecule has 1 N–H and O–H groups in total. The van der Waals surface area contributed by atoms with Crippen LogP contribution in [0.4, 0.5) is 4.39 Å². The highest BCUT2D eigenvalue weighted by Crippen LogP contribution is 2.39. The lowest BCUT2D eigenvalue weighted by molar-refractivity contribution is 0.0699. The maximum Gasteiger partial charge on any atom is 0.337 e. The van der Waals surface area contributed by atoms with Crippen LogP contribution in [-0.4, -0.2) is 28.5 Å². The van der Waals surface area contributed by atoms with Gasteiger partial charge in [0.25, 0.3) is 0 Å². The first-order chi connectivity index (χ1) is 12.0. The second kappa shape index (κ2) is 6.05. The predicted molar refractivity (Wildman–Crippen MR) is 105 cm³/mol. The number of rotatable bonds is 3. The molecule has 0 bridgehead atoms. The van der Waals surface area contributed by atoms with E-state index in [2.05, 4.69) is 43.1 Å². The van der Waals surface area contributed by atoms with Crippen molar-refractivity contribution in [2.75, 3.05) is 0 Å². The van der Waals surface area contributed by atoms with E-state index in [0.29, 0.717) is 22.2 Å². The highest BCUT2D eigenvalue weighted by Gasteiger charge is 2.39. The zero-order chi connectivity index (χ0) is 19.3. The summed E-state index contributed by atoms with van der Waals surface area (Å²) in [6.45, 7) is 10.9. The van der Waals surface area contributed by atoms with Gasteiger partial charge in [-0.1, -0.05) is 46.0 Å². The van der Waals surface area contributed by atoms with Gasteiger partial charge >= 0.3 is 5.97 Å². The lowest BCUT2D eigenvalue weighted by Crippen LogP contribution is -2.45. The van der Waals surface area contributed by atoms with Crippen LogP contribution in [0.5, 0.6) is 0 Å². The zero-order valence-electron chi connectivity index (χ0n) is 15.7. The van der Waals surface area contributed by atoms with Crippen molar-refractivity contribution in [1.29, 1.82) is 0 Å². The lowest BCUT2D eigenvalue weighted by atomic mass is 10.1. The fraction of sp³-hybridized carbons (Fsp3) is 0.300. The molecule has 0 aliphatic heterocycles. The average molecular weight is 371 g/mol. The molecule has 0 amide bonds. The van der Waals surface area contributed by atoms with Crippen LogP contribution in [0, 0.1) is 5.82 Å². The summed E-state index contributed by atoms with van der Waals surface area (Å²) in [6, 6.07) is 8.02. The fourth-order valence-electron chi connectivity index (χ4n) is 2.89. The Morgan fingerprint density at radius 3 is 2.46 bits per heavy atom. The number of aromatic carboxylic acids is 1. The van der Waals surface area contributed by atoms with Gasteiger partial charge in [0.15, 0.2) is 8.24 Å². The molecule has 6 heteroatoms.